The van der Waals surface area contributed by atoms with Crippen LogP contribution in [0.3, 0.4) is 0 Å². The number of amides is 2. The van der Waals surface area contributed by atoms with Gasteiger partial charge in [-0.2, -0.15) is 0 Å². The van der Waals surface area contributed by atoms with Gasteiger partial charge < -0.3 is 15.0 Å². The van der Waals surface area contributed by atoms with Crippen LogP contribution in [0.2, 0.25) is 0 Å². The Kier molecular flexibility index (Phi) is 3.95. The van der Waals surface area contributed by atoms with Crippen LogP contribution < -0.4 is 10.2 Å². The van der Waals surface area contributed by atoms with Crippen LogP contribution in [0.4, 0.5) is 10.7 Å². The van der Waals surface area contributed by atoms with Crippen molar-refractivity contribution in [1.29, 1.82) is 0 Å². The highest BCUT2D eigenvalue weighted by Gasteiger charge is 2.30. The summed E-state index contributed by atoms with van der Waals surface area (Å²) in [5.74, 6) is 1.21. The molecule has 8 heteroatoms. The summed E-state index contributed by atoms with van der Waals surface area (Å²) in [6.07, 6.45) is 4.69. The number of rotatable bonds is 5. The molecule has 1 aliphatic carbocycles. The average Bonchev–Trinajstić information content (AvgIpc) is 3.22. The molecule has 8 nitrogen and oxygen atoms in total. The lowest BCUT2D eigenvalue weighted by Gasteiger charge is -2.18. The normalized spacial score (nSPS) is 23.5. The number of aromatic nitrogens is 2. The summed E-state index contributed by atoms with van der Waals surface area (Å²) < 4.78 is 4.83. The van der Waals surface area contributed by atoms with Gasteiger partial charge in [-0.15, -0.1) is 0 Å². The van der Waals surface area contributed by atoms with E-state index in [4.69, 9.17) is 4.74 Å². The number of nitrogens with one attached hydrogen (secondary N) is 1. The van der Waals surface area contributed by atoms with Crippen molar-refractivity contribution in [2.24, 2.45) is 0 Å². The average molecular weight is 331 g/mol. The molecule has 3 aliphatic rings. The molecule has 3 heterocycles. The maximum absolute atomic E-state index is 12.1. The van der Waals surface area contributed by atoms with Gasteiger partial charge in [-0.25, -0.2) is 14.8 Å². The van der Waals surface area contributed by atoms with Crippen LogP contribution in [0.15, 0.2) is 12.3 Å². The first-order chi connectivity index (χ1) is 11.7. The first-order valence-corrected chi connectivity index (χ1v) is 8.48. The quantitative estimate of drug-likeness (QED) is 0.845. The van der Waals surface area contributed by atoms with E-state index in [9.17, 15) is 9.59 Å². The van der Waals surface area contributed by atoms with E-state index in [1.165, 1.54) is 17.7 Å². The van der Waals surface area contributed by atoms with Crippen molar-refractivity contribution in [3.05, 3.63) is 18.0 Å². The Morgan fingerprint density at radius 3 is 2.96 bits per heavy atom. The Hall–Kier alpha value is -2.38. The van der Waals surface area contributed by atoms with Gasteiger partial charge in [0.25, 0.3) is 0 Å². The van der Waals surface area contributed by atoms with Crippen LogP contribution in [0, 0.1) is 0 Å². The maximum Gasteiger partial charge on any atom is 0.410 e. The number of carbonyl (C=O) groups excluding carboxylic acids is 2. The molecule has 4 rings (SSSR count). The molecular formula is C16H21N5O3. The molecular weight excluding hydrogens is 310 g/mol. The van der Waals surface area contributed by atoms with Gasteiger partial charge in [0.05, 0.1) is 6.54 Å². The molecule has 1 atom stereocenters. The molecule has 2 aliphatic heterocycles. The Morgan fingerprint density at radius 1 is 1.33 bits per heavy atom. The van der Waals surface area contributed by atoms with E-state index >= 15 is 0 Å². The van der Waals surface area contributed by atoms with Gasteiger partial charge in [0.15, 0.2) is 0 Å². The number of nitrogens with zero attached hydrogens (tertiary/aromatic N) is 4. The second-order valence-corrected chi connectivity index (χ2v) is 6.59. The summed E-state index contributed by atoms with van der Waals surface area (Å²) in [5, 5.41) is 2.99. The lowest BCUT2D eigenvalue weighted by atomic mass is 10.2. The van der Waals surface area contributed by atoms with Crippen LogP contribution in [0.5, 0.6) is 0 Å². The Morgan fingerprint density at radius 2 is 2.21 bits per heavy atom. The Balaban J connectivity index is 1.30. The third kappa shape index (κ3) is 3.27. The van der Waals surface area contributed by atoms with Gasteiger partial charge in [0.2, 0.25) is 11.9 Å². The van der Waals surface area contributed by atoms with E-state index < -0.39 is 6.09 Å². The predicted molar refractivity (Wildman–Crippen MR) is 85.7 cm³/mol. The SMILES string of the molecule is O=C(CN1CCOC1=O)NC1CCN(c2nccc(C3CC3)n2)C1. The van der Waals surface area contributed by atoms with Gasteiger partial charge in [-0.05, 0) is 25.3 Å². The van der Waals surface area contributed by atoms with Crippen molar-refractivity contribution in [2.45, 2.75) is 31.2 Å². The number of ether oxygens (including phenoxy) is 1. The minimum atomic E-state index is -0.413. The second kappa shape index (κ2) is 6.26. The molecule has 128 valence electrons. The molecule has 1 saturated carbocycles. The zero-order valence-corrected chi connectivity index (χ0v) is 13.5. The summed E-state index contributed by atoms with van der Waals surface area (Å²) >= 11 is 0. The zero-order valence-electron chi connectivity index (χ0n) is 13.5. The highest BCUT2D eigenvalue weighted by atomic mass is 16.6. The molecule has 2 saturated heterocycles. The van der Waals surface area contributed by atoms with Crippen molar-refractivity contribution < 1.29 is 14.3 Å². The zero-order chi connectivity index (χ0) is 16.5. The van der Waals surface area contributed by atoms with Crippen molar-refractivity contribution >= 4 is 17.9 Å². The molecule has 2 amide bonds. The van der Waals surface area contributed by atoms with Gasteiger partial charge >= 0.3 is 6.09 Å². The van der Waals surface area contributed by atoms with E-state index in [0.717, 1.165) is 24.6 Å². The van der Waals surface area contributed by atoms with Crippen molar-refractivity contribution in [3.63, 3.8) is 0 Å². The number of cyclic esters (lactones) is 1. The van der Waals surface area contributed by atoms with Crippen molar-refractivity contribution in [3.8, 4) is 0 Å². The summed E-state index contributed by atoms with van der Waals surface area (Å²) in [7, 11) is 0. The van der Waals surface area contributed by atoms with Crippen LogP contribution >= 0.6 is 0 Å². The van der Waals surface area contributed by atoms with Gasteiger partial charge in [0, 0.05) is 36.9 Å². The van der Waals surface area contributed by atoms with Crippen molar-refractivity contribution in [2.75, 3.05) is 37.7 Å². The molecule has 0 spiro atoms. The van der Waals surface area contributed by atoms with E-state index in [0.29, 0.717) is 25.6 Å². The predicted octanol–water partition coefficient (Wildman–Crippen LogP) is 0.501. The molecule has 1 aromatic heterocycles. The fourth-order valence-electron chi connectivity index (χ4n) is 3.20. The number of hydrogen-bond acceptors (Lipinski definition) is 6. The summed E-state index contributed by atoms with van der Waals surface area (Å²) in [6.45, 7) is 2.42. The number of carbonyl (C=O) groups is 2. The van der Waals surface area contributed by atoms with Crippen LogP contribution in [-0.2, 0) is 9.53 Å². The summed E-state index contributed by atoms with van der Waals surface area (Å²) in [5.41, 5.74) is 1.13. The molecule has 24 heavy (non-hydrogen) atoms. The number of anilines is 1. The molecule has 0 aromatic carbocycles. The minimum absolute atomic E-state index is 0.0585. The smallest absolute Gasteiger partial charge is 0.410 e. The van der Waals surface area contributed by atoms with Crippen LogP contribution in [0.1, 0.15) is 30.9 Å². The first-order valence-electron chi connectivity index (χ1n) is 8.48. The summed E-state index contributed by atoms with van der Waals surface area (Å²) in [6, 6.07) is 2.05. The highest BCUT2D eigenvalue weighted by Crippen LogP contribution is 2.39. The Labute approximate surface area is 140 Å². The summed E-state index contributed by atoms with van der Waals surface area (Å²) in [4.78, 5) is 36.0. The second-order valence-electron chi connectivity index (χ2n) is 6.59. The molecule has 1 unspecified atom stereocenters. The molecule has 3 fully saturated rings. The number of hydrogen-bond donors (Lipinski definition) is 1. The molecule has 1 N–H and O–H groups in total. The largest absolute Gasteiger partial charge is 0.448 e. The lowest BCUT2D eigenvalue weighted by Crippen LogP contribution is -2.43. The molecule has 0 radical (unpaired) electrons. The van der Waals surface area contributed by atoms with Gasteiger partial charge in [-0.3, -0.25) is 9.69 Å². The van der Waals surface area contributed by atoms with E-state index in [1.807, 2.05) is 12.3 Å². The topological polar surface area (TPSA) is 87.7 Å². The molecule has 0 bridgehead atoms. The monoisotopic (exact) mass is 331 g/mol. The fraction of sp³-hybridized carbons (Fsp3) is 0.625. The van der Waals surface area contributed by atoms with Crippen LogP contribution in [-0.4, -0.2) is 65.7 Å². The standard InChI is InChI=1S/C16H21N5O3/c22-14(10-21-7-8-24-16(21)23)18-12-4-6-20(9-12)15-17-5-3-13(19-15)11-1-2-11/h3,5,11-12H,1-2,4,6-10H2,(H,18,22). The highest BCUT2D eigenvalue weighted by molar-refractivity contribution is 5.83. The maximum atomic E-state index is 12.1. The van der Waals surface area contributed by atoms with E-state index in [2.05, 4.69) is 20.2 Å². The minimum Gasteiger partial charge on any atom is -0.448 e. The Bertz CT molecular complexity index is 648. The molecule has 1 aromatic rings. The third-order valence-corrected chi connectivity index (χ3v) is 4.68. The van der Waals surface area contributed by atoms with Crippen LogP contribution in [0.25, 0.3) is 0 Å². The first kappa shape index (κ1) is 15.2. The fourth-order valence-corrected chi connectivity index (χ4v) is 3.20. The lowest BCUT2D eigenvalue weighted by molar-refractivity contribution is -0.122. The van der Waals surface area contributed by atoms with Gasteiger partial charge in [-0.1, -0.05) is 0 Å². The van der Waals surface area contributed by atoms with Crippen molar-refractivity contribution in [1.82, 2.24) is 20.2 Å². The third-order valence-electron chi connectivity index (χ3n) is 4.68. The van der Waals surface area contributed by atoms with E-state index in [1.54, 1.807) is 0 Å². The van der Waals surface area contributed by atoms with E-state index in [-0.39, 0.29) is 18.5 Å². The van der Waals surface area contributed by atoms with Gasteiger partial charge in [0.1, 0.15) is 13.2 Å².